The largest absolute Gasteiger partial charge is 0.357 e. The van der Waals surface area contributed by atoms with Gasteiger partial charge in [-0.05, 0) is 11.5 Å². The number of hydrogen-bond acceptors (Lipinski definition) is 3. The van der Waals surface area contributed by atoms with Crippen LogP contribution in [0, 0.1) is 0 Å². The molecule has 0 amide bonds. The van der Waals surface area contributed by atoms with E-state index in [2.05, 4.69) is 45.3 Å². The average Bonchev–Trinajstić information content (AvgIpc) is 3.04. The second-order valence-corrected chi connectivity index (χ2v) is 5.89. The molecule has 5 rings (SSSR count). The first kappa shape index (κ1) is 10.3. The van der Waals surface area contributed by atoms with Gasteiger partial charge in [0.25, 0.3) is 0 Å². The predicted molar refractivity (Wildman–Crippen MR) is 84.3 cm³/mol. The van der Waals surface area contributed by atoms with E-state index >= 15 is 0 Å². The second-order valence-electron chi connectivity index (χ2n) is 4.86. The summed E-state index contributed by atoms with van der Waals surface area (Å²) in [6.07, 6.45) is 5.64. The van der Waals surface area contributed by atoms with E-state index in [0.29, 0.717) is 0 Å². The molecule has 0 radical (unpaired) electrons. The van der Waals surface area contributed by atoms with Crippen LogP contribution in [0.5, 0.6) is 0 Å². The molecule has 0 bridgehead atoms. The van der Waals surface area contributed by atoms with Crippen LogP contribution in [0.1, 0.15) is 0 Å². The molecule has 20 heavy (non-hydrogen) atoms. The number of hydrogen-bond donors (Lipinski definition) is 1. The van der Waals surface area contributed by atoms with Crippen molar-refractivity contribution in [2.45, 2.75) is 0 Å². The number of nitrogens with one attached hydrogen (secondary N) is 1. The molecule has 0 aliphatic heterocycles. The van der Waals surface area contributed by atoms with Crippen molar-refractivity contribution in [1.29, 1.82) is 0 Å². The minimum absolute atomic E-state index is 1.03. The molecule has 3 heterocycles. The normalized spacial score (nSPS) is 12.0. The lowest BCUT2D eigenvalue weighted by Gasteiger charge is -1.95. The lowest BCUT2D eigenvalue weighted by molar-refractivity contribution is 1.32. The van der Waals surface area contributed by atoms with Crippen molar-refractivity contribution in [3.8, 4) is 0 Å². The van der Waals surface area contributed by atoms with Gasteiger partial charge in [-0.15, -0.1) is 11.3 Å². The molecule has 0 aliphatic carbocycles. The summed E-state index contributed by atoms with van der Waals surface area (Å²) < 4.78 is 1.18. The molecule has 0 saturated carbocycles. The van der Waals surface area contributed by atoms with Gasteiger partial charge >= 0.3 is 0 Å². The van der Waals surface area contributed by atoms with E-state index in [4.69, 9.17) is 0 Å². The van der Waals surface area contributed by atoms with Gasteiger partial charge in [0.2, 0.25) is 0 Å². The second kappa shape index (κ2) is 3.55. The zero-order valence-corrected chi connectivity index (χ0v) is 11.2. The van der Waals surface area contributed by atoms with Gasteiger partial charge in [0.1, 0.15) is 4.83 Å². The molecule has 5 aromatic rings. The van der Waals surface area contributed by atoms with E-state index in [1.807, 2.05) is 12.4 Å². The third-order valence-corrected chi connectivity index (χ3v) is 4.79. The Labute approximate surface area is 117 Å². The Hall–Kier alpha value is -2.46. The van der Waals surface area contributed by atoms with E-state index in [1.54, 1.807) is 17.5 Å². The van der Waals surface area contributed by atoms with Crippen LogP contribution in [-0.2, 0) is 0 Å². The summed E-state index contributed by atoms with van der Waals surface area (Å²) >= 11 is 1.68. The number of aromatic nitrogens is 3. The Morgan fingerprint density at radius 3 is 3.00 bits per heavy atom. The third-order valence-electron chi connectivity index (χ3n) is 3.76. The van der Waals surface area contributed by atoms with Gasteiger partial charge in [-0.1, -0.05) is 24.3 Å². The van der Waals surface area contributed by atoms with Gasteiger partial charge in [-0.25, -0.2) is 4.98 Å². The quantitative estimate of drug-likeness (QED) is 0.453. The predicted octanol–water partition coefficient (Wildman–Crippen LogP) is 4.48. The van der Waals surface area contributed by atoms with Crippen molar-refractivity contribution in [2.75, 3.05) is 0 Å². The highest BCUT2D eigenvalue weighted by Crippen LogP contribution is 2.38. The molecule has 2 aromatic carbocycles. The Morgan fingerprint density at radius 2 is 2.00 bits per heavy atom. The smallest absolute Gasteiger partial charge is 0.140 e. The summed E-state index contributed by atoms with van der Waals surface area (Å²) in [5.41, 5.74) is 2.18. The number of rotatable bonds is 0. The average molecular weight is 275 g/mol. The van der Waals surface area contributed by atoms with Crippen LogP contribution in [0.3, 0.4) is 0 Å². The summed E-state index contributed by atoms with van der Waals surface area (Å²) in [6, 6.07) is 10.6. The molecule has 0 saturated heterocycles. The molecule has 0 spiro atoms. The summed E-state index contributed by atoms with van der Waals surface area (Å²) in [7, 11) is 0. The first-order valence-electron chi connectivity index (χ1n) is 6.44. The molecule has 94 valence electrons. The lowest BCUT2D eigenvalue weighted by atomic mass is 10.2. The third kappa shape index (κ3) is 1.19. The van der Waals surface area contributed by atoms with Gasteiger partial charge in [-0.3, -0.25) is 4.98 Å². The SMILES string of the molecule is c1ccc2c(c1)cc1c2ncc2sc3ncc[nH]c3c21. The number of pyridine rings is 1. The zero-order chi connectivity index (χ0) is 13.1. The number of thiophene rings is 1. The van der Waals surface area contributed by atoms with Crippen LogP contribution >= 0.6 is 11.3 Å². The Morgan fingerprint density at radius 1 is 1.05 bits per heavy atom. The highest BCUT2D eigenvalue weighted by molar-refractivity contribution is 7.25. The van der Waals surface area contributed by atoms with Crippen LogP contribution in [0.2, 0.25) is 0 Å². The number of fused-ring (bicyclic) bond motifs is 7. The monoisotopic (exact) mass is 275 g/mol. The van der Waals surface area contributed by atoms with Gasteiger partial charge in [0, 0.05) is 34.7 Å². The van der Waals surface area contributed by atoms with Crippen LogP contribution in [0.4, 0.5) is 0 Å². The topological polar surface area (TPSA) is 41.6 Å². The maximum Gasteiger partial charge on any atom is 0.140 e. The number of benzene rings is 1. The molecular formula is C16H9N3S. The number of H-pyrrole nitrogens is 1. The fourth-order valence-electron chi connectivity index (χ4n) is 2.91. The summed E-state index contributed by atoms with van der Waals surface area (Å²) in [4.78, 5) is 13.5. The highest BCUT2D eigenvalue weighted by atomic mass is 32.1. The summed E-state index contributed by atoms with van der Waals surface area (Å²) in [5, 5.41) is 4.90. The molecule has 0 unspecified atom stereocenters. The van der Waals surface area contributed by atoms with E-state index in [0.717, 1.165) is 15.9 Å². The fraction of sp³-hybridized carbons (Fsp3) is 0. The summed E-state index contributed by atoms with van der Waals surface area (Å²) in [6.45, 7) is 0. The Balaban J connectivity index is 2.14. The van der Waals surface area contributed by atoms with Crippen molar-refractivity contribution in [1.82, 2.24) is 15.0 Å². The molecular weight excluding hydrogens is 266 g/mol. The maximum atomic E-state index is 4.66. The van der Waals surface area contributed by atoms with Gasteiger partial charge in [0.05, 0.1) is 15.7 Å². The van der Waals surface area contributed by atoms with Crippen molar-refractivity contribution in [3.63, 3.8) is 0 Å². The molecule has 1 N–H and O–H groups in total. The molecule has 4 heteroatoms. The number of nitrogens with zero attached hydrogens (tertiary/aromatic N) is 2. The highest BCUT2D eigenvalue weighted by Gasteiger charge is 2.13. The first-order chi connectivity index (χ1) is 9.92. The zero-order valence-electron chi connectivity index (χ0n) is 10.4. The number of aromatic amines is 1. The molecule has 3 nitrogen and oxygen atoms in total. The standard InChI is InChI=1S/C16H9N3S/c1-2-4-10-9(3-1)7-11-13-12(8-19-14(10)11)20-16-15(13)17-5-6-18-16/h1-8,17H. The van der Waals surface area contributed by atoms with Crippen molar-refractivity contribution in [3.05, 3.63) is 48.9 Å². The molecule has 3 aromatic heterocycles. The fourth-order valence-corrected chi connectivity index (χ4v) is 3.91. The maximum absolute atomic E-state index is 4.66. The Kier molecular flexibility index (Phi) is 1.84. The Bertz CT molecular complexity index is 1100. The molecule has 0 aliphatic rings. The van der Waals surface area contributed by atoms with Gasteiger partial charge in [0.15, 0.2) is 0 Å². The van der Waals surface area contributed by atoms with Crippen molar-refractivity contribution >= 4 is 53.4 Å². The minimum atomic E-state index is 1.03. The van der Waals surface area contributed by atoms with E-state index in [1.165, 1.54) is 26.2 Å². The van der Waals surface area contributed by atoms with Crippen molar-refractivity contribution < 1.29 is 0 Å². The van der Waals surface area contributed by atoms with E-state index in [-0.39, 0.29) is 0 Å². The lowest BCUT2D eigenvalue weighted by Crippen LogP contribution is -1.77. The van der Waals surface area contributed by atoms with Gasteiger partial charge < -0.3 is 4.98 Å². The molecule has 0 atom stereocenters. The van der Waals surface area contributed by atoms with Crippen LogP contribution in [0.15, 0.2) is 48.9 Å². The van der Waals surface area contributed by atoms with E-state index in [9.17, 15) is 0 Å². The van der Waals surface area contributed by atoms with Crippen LogP contribution in [0.25, 0.3) is 42.1 Å². The van der Waals surface area contributed by atoms with Gasteiger partial charge in [-0.2, -0.15) is 0 Å². The van der Waals surface area contributed by atoms with Crippen LogP contribution in [-0.4, -0.2) is 15.0 Å². The van der Waals surface area contributed by atoms with Crippen LogP contribution < -0.4 is 0 Å². The first-order valence-corrected chi connectivity index (χ1v) is 7.25. The minimum Gasteiger partial charge on any atom is -0.357 e. The molecule has 0 fully saturated rings. The van der Waals surface area contributed by atoms with E-state index < -0.39 is 0 Å². The summed E-state index contributed by atoms with van der Waals surface area (Å²) in [5.74, 6) is 0. The van der Waals surface area contributed by atoms with Crippen molar-refractivity contribution in [2.24, 2.45) is 0 Å².